The van der Waals surface area contributed by atoms with Gasteiger partial charge in [0, 0.05) is 43.5 Å². The molecule has 0 N–H and O–H groups in total. The number of benzene rings is 2. The predicted molar refractivity (Wildman–Crippen MR) is 111 cm³/mol. The second kappa shape index (κ2) is 8.43. The Bertz CT molecular complexity index is 921. The summed E-state index contributed by atoms with van der Waals surface area (Å²) in [6, 6.07) is 15.7. The highest BCUT2D eigenvalue weighted by atomic mass is 32.2. The molecule has 0 aliphatic carbocycles. The van der Waals surface area contributed by atoms with Crippen molar-refractivity contribution in [1.82, 2.24) is 9.21 Å². The molecule has 0 bridgehead atoms. The van der Waals surface area contributed by atoms with Crippen LogP contribution in [0.15, 0.2) is 59.5 Å². The zero-order valence-electron chi connectivity index (χ0n) is 16.6. The molecule has 1 heterocycles. The molecule has 0 saturated carbocycles. The Morgan fingerprint density at radius 2 is 1.61 bits per heavy atom. The summed E-state index contributed by atoms with van der Waals surface area (Å²) in [5.41, 5.74) is 1.16. The minimum absolute atomic E-state index is 0.0622. The number of sulfonamides is 1. The lowest BCUT2D eigenvalue weighted by Crippen LogP contribution is -2.47. The molecule has 1 aliphatic rings. The highest BCUT2D eigenvalue weighted by molar-refractivity contribution is 7.89. The number of piperazine rings is 1. The summed E-state index contributed by atoms with van der Waals surface area (Å²) in [4.78, 5) is 17.1. The van der Waals surface area contributed by atoms with Crippen molar-refractivity contribution in [3.05, 3.63) is 60.2 Å². The number of para-hydroxylation sites is 1. The van der Waals surface area contributed by atoms with Crippen molar-refractivity contribution in [3.8, 4) is 0 Å². The molecule has 2 aromatic carbocycles. The smallest absolute Gasteiger partial charge is 0.258 e. The number of amides is 1. The first-order valence-corrected chi connectivity index (χ1v) is 10.9. The van der Waals surface area contributed by atoms with Crippen LogP contribution < -0.4 is 4.90 Å². The number of nitrogens with zero attached hydrogens (tertiary/aromatic N) is 3. The average molecular weight is 402 g/mol. The summed E-state index contributed by atoms with van der Waals surface area (Å²) in [5.74, 6) is -0.211. The third-order valence-electron chi connectivity index (χ3n) is 4.95. The Hall–Kier alpha value is -2.22. The molecule has 0 spiro atoms. The van der Waals surface area contributed by atoms with Crippen molar-refractivity contribution in [2.45, 2.75) is 24.8 Å². The van der Waals surface area contributed by atoms with Crippen molar-refractivity contribution in [2.24, 2.45) is 0 Å². The molecule has 6 nitrogen and oxygen atoms in total. The number of hydrogen-bond acceptors (Lipinski definition) is 4. The molecule has 1 saturated heterocycles. The maximum Gasteiger partial charge on any atom is 0.258 e. The van der Waals surface area contributed by atoms with Gasteiger partial charge >= 0.3 is 0 Å². The maximum atomic E-state index is 13.2. The van der Waals surface area contributed by atoms with Gasteiger partial charge in [-0.2, -0.15) is 4.31 Å². The van der Waals surface area contributed by atoms with Gasteiger partial charge in [0.05, 0.1) is 4.90 Å². The van der Waals surface area contributed by atoms with E-state index < -0.39 is 10.0 Å². The van der Waals surface area contributed by atoms with Crippen LogP contribution in [0.2, 0.25) is 0 Å². The van der Waals surface area contributed by atoms with Crippen molar-refractivity contribution in [2.75, 3.05) is 38.1 Å². The van der Waals surface area contributed by atoms with E-state index in [4.69, 9.17) is 0 Å². The molecule has 7 heteroatoms. The molecule has 28 heavy (non-hydrogen) atoms. The molecule has 2 aromatic rings. The zero-order chi connectivity index (χ0) is 20.3. The minimum atomic E-state index is -3.62. The summed E-state index contributed by atoms with van der Waals surface area (Å²) in [6.07, 6.45) is 0. The van der Waals surface area contributed by atoms with Gasteiger partial charge in [-0.3, -0.25) is 4.79 Å². The number of anilines is 1. The van der Waals surface area contributed by atoms with Gasteiger partial charge in [0.25, 0.3) is 5.91 Å². The van der Waals surface area contributed by atoms with Crippen LogP contribution in [0.25, 0.3) is 0 Å². The normalized spacial score (nSPS) is 16.3. The van der Waals surface area contributed by atoms with E-state index in [2.05, 4.69) is 4.90 Å². The average Bonchev–Trinajstić information content (AvgIpc) is 2.69. The number of hydrogen-bond donors (Lipinski definition) is 0. The number of likely N-dealkylation sites (N-methyl/N-ethyl adjacent to an activating group) is 1. The zero-order valence-corrected chi connectivity index (χ0v) is 17.4. The third-order valence-corrected chi connectivity index (χ3v) is 6.85. The second-order valence-corrected chi connectivity index (χ2v) is 9.28. The molecule has 0 atom stereocenters. The van der Waals surface area contributed by atoms with Crippen LogP contribution in [0.3, 0.4) is 0 Å². The van der Waals surface area contributed by atoms with E-state index >= 15 is 0 Å². The Morgan fingerprint density at radius 1 is 0.964 bits per heavy atom. The molecule has 0 radical (unpaired) electrons. The first-order valence-electron chi connectivity index (χ1n) is 9.48. The Morgan fingerprint density at radius 3 is 2.21 bits per heavy atom. The third kappa shape index (κ3) is 4.27. The fraction of sp³-hybridized carbons (Fsp3) is 0.381. The van der Waals surface area contributed by atoms with E-state index in [0.717, 1.165) is 5.69 Å². The number of carbonyl (C=O) groups excluding carboxylic acids is 1. The van der Waals surface area contributed by atoms with E-state index in [9.17, 15) is 13.2 Å². The lowest BCUT2D eigenvalue weighted by Gasteiger charge is -2.31. The summed E-state index contributed by atoms with van der Waals surface area (Å²) < 4.78 is 27.5. The second-order valence-electron chi connectivity index (χ2n) is 7.34. The van der Waals surface area contributed by atoms with Crippen LogP contribution in [0, 0.1) is 0 Å². The van der Waals surface area contributed by atoms with Gasteiger partial charge in [-0.15, -0.1) is 0 Å². The summed E-state index contributed by atoms with van der Waals surface area (Å²) in [6.45, 7) is 6.20. The van der Waals surface area contributed by atoms with Crippen LogP contribution in [0.1, 0.15) is 24.2 Å². The van der Waals surface area contributed by atoms with Gasteiger partial charge in [-0.05, 0) is 51.2 Å². The number of carbonyl (C=O) groups is 1. The van der Waals surface area contributed by atoms with Crippen LogP contribution >= 0.6 is 0 Å². The van der Waals surface area contributed by atoms with Gasteiger partial charge < -0.3 is 9.80 Å². The monoisotopic (exact) mass is 401 g/mol. The van der Waals surface area contributed by atoms with Gasteiger partial charge in [0.2, 0.25) is 10.0 Å². The highest BCUT2D eigenvalue weighted by Crippen LogP contribution is 2.23. The largest absolute Gasteiger partial charge is 0.306 e. The van der Waals surface area contributed by atoms with Crippen LogP contribution in [0.4, 0.5) is 5.69 Å². The lowest BCUT2D eigenvalue weighted by molar-refractivity contribution is 0.0980. The quantitative estimate of drug-likeness (QED) is 0.773. The van der Waals surface area contributed by atoms with Crippen LogP contribution in [-0.4, -0.2) is 62.8 Å². The van der Waals surface area contributed by atoms with Crippen LogP contribution in [0.5, 0.6) is 0 Å². The van der Waals surface area contributed by atoms with Crippen molar-refractivity contribution in [3.63, 3.8) is 0 Å². The predicted octanol–water partition coefficient (Wildman–Crippen LogP) is 2.68. The standard InChI is InChI=1S/C21H27N3O3S/c1-17(2)24(19-9-5-4-6-10-19)21(25)18-8-7-11-20(16-18)28(26,27)23-14-12-22(3)13-15-23/h4-11,16-17H,12-15H2,1-3H3. The van der Waals surface area contributed by atoms with E-state index in [0.29, 0.717) is 31.7 Å². The molecule has 150 valence electrons. The summed E-state index contributed by atoms with van der Waals surface area (Å²) >= 11 is 0. The molecule has 1 amide bonds. The first-order chi connectivity index (χ1) is 13.3. The summed E-state index contributed by atoms with van der Waals surface area (Å²) in [7, 11) is -1.64. The van der Waals surface area contributed by atoms with Gasteiger partial charge in [-0.1, -0.05) is 24.3 Å². The molecular formula is C21H27N3O3S. The van der Waals surface area contributed by atoms with Gasteiger partial charge in [0.1, 0.15) is 0 Å². The Labute approximate surface area is 167 Å². The molecular weight excluding hydrogens is 374 g/mol. The topological polar surface area (TPSA) is 60.9 Å². The Kier molecular flexibility index (Phi) is 6.17. The van der Waals surface area contributed by atoms with Gasteiger partial charge in [0.15, 0.2) is 0 Å². The highest BCUT2D eigenvalue weighted by Gasteiger charge is 2.29. The molecule has 1 aliphatic heterocycles. The van der Waals surface area contributed by atoms with E-state index in [1.54, 1.807) is 23.1 Å². The summed E-state index contributed by atoms with van der Waals surface area (Å²) in [5, 5.41) is 0. The van der Waals surface area contributed by atoms with Crippen molar-refractivity contribution >= 4 is 21.6 Å². The Balaban J connectivity index is 1.91. The van der Waals surface area contributed by atoms with Crippen LogP contribution in [-0.2, 0) is 10.0 Å². The maximum absolute atomic E-state index is 13.2. The molecule has 0 unspecified atom stereocenters. The SMILES string of the molecule is CC(C)N(C(=O)c1cccc(S(=O)(=O)N2CCN(C)CC2)c1)c1ccccc1. The van der Waals surface area contributed by atoms with E-state index in [1.807, 2.05) is 51.2 Å². The number of rotatable bonds is 5. The fourth-order valence-electron chi connectivity index (χ4n) is 3.34. The van der Waals surface area contributed by atoms with E-state index in [1.165, 1.54) is 10.4 Å². The van der Waals surface area contributed by atoms with Gasteiger partial charge in [-0.25, -0.2) is 8.42 Å². The first kappa shape index (κ1) is 20.5. The minimum Gasteiger partial charge on any atom is -0.306 e. The van der Waals surface area contributed by atoms with Crippen molar-refractivity contribution in [1.29, 1.82) is 0 Å². The lowest BCUT2D eigenvalue weighted by atomic mass is 10.1. The molecule has 3 rings (SSSR count). The fourth-order valence-corrected chi connectivity index (χ4v) is 4.81. The molecule has 0 aromatic heterocycles. The molecule has 1 fully saturated rings. The van der Waals surface area contributed by atoms with E-state index in [-0.39, 0.29) is 16.8 Å². The van der Waals surface area contributed by atoms with Crippen molar-refractivity contribution < 1.29 is 13.2 Å².